The highest BCUT2D eigenvalue weighted by atomic mass is 32.2. The van der Waals surface area contributed by atoms with E-state index in [0.717, 1.165) is 46.9 Å². The molecule has 4 aliphatic rings. The second kappa shape index (κ2) is 7.54. The van der Waals surface area contributed by atoms with Crippen LogP contribution in [0.3, 0.4) is 0 Å². The molecular weight excluding hydrogens is 407 g/mol. The van der Waals surface area contributed by atoms with Gasteiger partial charge in [-0.3, -0.25) is 4.79 Å². The maximum Gasteiger partial charge on any atom is 0.233 e. The van der Waals surface area contributed by atoms with Gasteiger partial charge in [0.25, 0.3) is 0 Å². The Kier molecular flexibility index (Phi) is 5.02. The van der Waals surface area contributed by atoms with Gasteiger partial charge in [0.2, 0.25) is 11.0 Å². The van der Waals surface area contributed by atoms with Crippen LogP contribution in [0.5, 0.6) is 0 Å². The fourth-order valence-electron chi connectivity index (χ4n) is 6.17. The second-order valence-electron chi connectivity index (χ2n) is 8.94. The van der Waals surface area contributed by atoms with Crippen LogP contribution in [0.25, 0.3) is 0 Å². The van der Waals surface area contributed by atoms with E-state index < -0.39 is 0 Å². The quantitative estimate of drug-likeness (QED) is 0.687. The Hall–Kier alpha value is -1.67. The molecule has 6 rings (SSSR count). The summed E-state index contributed by atoms with van der Waals surface area (Å²) in [6, 6.07) is 6.57. The van der Waals surface area contributed by atoms with Crippen LogP contribution in [-0.4, -0.2) is 32.3 Å². The highest BCUT2D eigenvalue weighted by Gasteiger charge is 2.54. The monoisotopic (exact) mass is 432 g/mol. The van der Waals surface area contributed by atoms with E-state index in [4.69, 9.17) is 5.73 Å². The first-order valence-electron chi connectivity index (χ1n) is 10.3. The van der Waals surface area contributed by atoms with Gasteiger partial charge in [-0.05, 0) is 74.0 Å². The summed E-state index contributed by atoms with van der Waals surface area (Å²) >= 11 is 2.72. The SMILES string of the molecule is Nc1nnc(SCC(=O)N(Cc2ccc(F)cc2)C23CC4CC(CC(C4)C2)C3)s1. The molecule has 154 valence electrons. The molecule has 29 heavy (non-hydrogen) atoms. The second-order valence-corrected chi connectivity index (χ2v) is 11.2. The summed E-state index contributed by atoms with van der Waals surface area (Å²) in [4.78, 5) is 15.6. The van der Waals surface area contributed by atoms with Crippen molar-refractivity contribution >= 4 is 34.1 Å². The van der Waals surface area contributed by atoms with Crippen molar-refractivity contribution in [3.63, 3.8) is 0 Å². The summed E-state index contributed by atoms with van der Waals surface area (Å²) in [5.74, 6) is 2.47. The Morgan fingerprint density at radius 3 is 2.31 bits per heavy atom. The normalized spacial score (nSPS) is 29.9. The molecule has 5 nitrogen and oxygen atoms in total. The van der Waals surface area contributed by atoms with Crippen LogP contribution < -0.4 is 5.73 Å². The smallest absolute Gasteiger partial charge is 0.233 e. The number of halogens is 1. The van der Waals surface area contributed by atoms with Crippen molar-refractivity contribution in [2.24, 2.45) is 17.8 Å². The highest BCUT2D eigenvalue weighted by molar-refractivity contribution is 8.01. The number of nitrogens with two attached hydrogens (primary N) is 1. The van der Waals surface area contributed by atoms with Gasteiger partial charge in [-0.25, -0.2) is 4.39 Å². The molecule has 8 heteroatoms. The van der Waals surface area contributed by atoms with Gasteiger partial charge in [0, 0.05) is 12.1 Å². The van der Waals surface area contributed by atoms with Gasteiger partial charge in [-0.15, -0.1) is 10.2 Å². The minimum atomic E-state index is -0.245. The number of amides is 1. The Bertz CT molecular complexity index is 865. The summed E-state index contributed by atoms with van der Waals surface area (Å²) in [5.41, 5.74) is 6.61. The minimum absolute atomic E-state index is 0.0407. The summed E-state index contributed by atoms with van der Waals surface area (Å²) < 4.78 is 14.1. The third-order valence-electron chi connectivity index (χ3n) is 6.87. The van der Waals surface area contributed by atoms with E-state index in [1.54, 1.807) is 12.1 Å². The molecule has 1 heterocycles. The Morgan fingerprint density at radius 1 is 1.14 bits per heavy atom. The number of aromatic nitrogens is 2. The number of rotatable bonds is 6. The number of hydrogen-bond acceptors (Lipinski definition) is 6. The van der Waals surface area contributed by atoms with Gasteiger partial charge in [0.1, 0.15) is 5.82 Å². The molecule has 0 aliphatic heterocycles. The van der Waals surface area contributed by atoms with Crippen LogP contribution in [0.4, 0.5) is 9.52 Å². The van der Waals surface area contributed by atoms with E-state index in [1.807, 2.05) is 0 Å². The maximum atomic E-state index is 13.5. The molecular formula is C21H25FN4OS2. The third kappa shape index (κ3) is 3.89. The predicted molar refractivity (Wildman–Crippen MR) is 113 cm³/mol. The van der Waals surface area contributed by atoms with E-state index in [-0.39, 0.29) is 17.3 Å². The van der Waals surface area contributed by atoms with E-state index >= 15 is 0 Å². The van der Waals surface area contributed by atoms with Crippen LogP contribution >= 0.6 is 23.1 Å². The molecule has 4 saturated carbocycles. The number of carbonyl (C=O) groups is 1. The lowest BCUT2D eigenvalue weighted by molar-refractivity contribution is -0.149. The largest absolute Gasteiger partial charge is 0.374 e. The van der Waals surface area contributed by atoms with Crippen molar-refractivity contribution in [1.29, 1.82) is 0 Å². The van der Waals surface area contributed by atoms with Crippen molar-refractivity contribution in [1.82, 2.24) is 15.1 Å². The number of thioether (sulfide) groups is 1. The summed E-state index contributed by atoms with van der Waals surface area (Å²) in [6.45, 7) is 0.546. The zero-order chi connectivity index (χ0) is 20.0. The first-order valence-corrected chi connectivity index (χ1v) is 12.1. The Morgan fingerprint density at radius 2 is 1.76 bits per heavy atom. The lowest BCUT2D eigenvalue weighted by Gasteiger charge is -2.60. The molecule has 1 aromatic heterocycles. The molecule has 0 unspecified atom stereocenters. The number of hydrogen-bond donors (Lipinski definition) is 1. The summed E-state index contributed by atoms with van der Waals surface area (Å²) in [5, 5.41) is 8.28. The predicted octanol–water partition coefficient (Wildman–Crippen LogP) is 4.35. The van der Waals surface area contributed by atoms with Gasteiger partial charge in [-0.2, -0.15) is 0 Å². The number of nitrogens with zero attached hydrogens (tertiary/aromatic N) is 3. The van der Waals surface area contributed by atoms with Gasteiger partial charge in [-0.1, -0.05) is 35.2 Å². The third-order valence-corrected chi connectivity index (χ3v) is 8.75. The van der Waals surface area contributed by atoms with Crippen LogP contribution in [-0.2, 0) is 11.3 Å². The number of benzene rings is 1. The van der Waals surface area contributed by atoms with Crippen LogP contribution in [0.15, 0.2) is 28.6 Å². The molecule has 4 bridgehead atoms. The molecule has 0 saturated heterocycles. The Balaban J connectivity index is 1.39. The number of nitrogen functional groups attached to an aromatic ring is 1. The molecule has 0 spiro atoms. The molecule has 1 amide bonds. The lowest BCUT2D eigenvalue weighted by atomic mass is 9.52. The van der Waals surface area contributed by atoms with E-state index in [9.17, 15) is 9.18 Å². The van der Waals surface area contributed by atoms with Crippen molar-refractivity contribution in [3.05, 3.63) is 35.6 Å². The lowest BCUT2D eigenvalue weighted by Crippen LogP contribution is -2.61. The van der Waals surface area contributed by atoms with Gasteiger partial charge >= 0.3 is 0 Å². The fourth-order valence-corrected chi connectivity index (χ4v) is 7.68. The van der Waals surface area contributed by atoms with Gasteiger partial charge < -0.3 is 10.6 Å². The van der Waals surface area contributed by atoms with Gasteiger partial charge in [0.15, 0.2) is 4.34 Å². The van der Waals surface area contributed by atoms with Crippen LogP contribution in [0, 0.1) is 23.6 Å². The first-order chi connectivity index (χ1) is 14.0. The minimum Gasteiger partial charge on any atom is -0.374 e. The molecule has 0 atom stereocenters. The average Bonchev–Trinajstić information content (AvgIpc) is 3.10. The van der Waals surface area contributed by atoms with Crippen molar-refractivity contribution in [2.45, 2.75) is 54.9 Å². The zero-order valence-electron chi connectivity index (χ0n) is 16.2. The topological polar surface area (TPSA) is 72.1 Å². The number of anilines is 1. The number of carbonyl (C=O) groups excluding carboxylic acids is 1. The standard InChI is InChI=1S/C21H25FN4OS2/c22-17-3-1-13(2-4-17)11-26(18(27)12-28-20-25-24-19(23)29-20)21-8-14-5-15(9-21)7-16(6-14)10-21/h1-4,14-16H,5-12H2,(H2,23,24). The van der Waals surface area contributed by atoms with Crippen LogP contribution in [0.2, 0.25) is 0 Å². The van der Waals surface area contributed by atoms with Crippen molar-refractivity contribution in [3.8, 4) is 0 Å². The maximum absolute atomic E-state index is 13.5. The summed E-state index contributed by atoms with van der Waals surface area (Å²) in [7, 11) is 0. The van der Waals surface area contributed by atoms with Gasteiger partial charge in [0.05, 0.1) is 5.75 Å². The Labute approximate surface area is 178 Å². The average molecular weight is 433 g/mol. The van der Waals surface area contributed by atoms with Crippen molar-refractivity contribution in [2.75, 3.05) is 11.5 Å². The molecule has 1 aromatic carbocycles. The molecule has 0 radical (unpaired) electrons. The summed E-state index contributed by atoms with van der Waals surface area (Å²) in [6.07, 6.45) is 7.33. The first kappa shape index (κ1) is 19.3. The molecule has 2 aromatic rings. The van der Waals surface area contributed by atoms with Crippen molar-refractivity contribution < 1.29 is 9.18 Å². The van der Waals surface area contributed by atoms with E-state index in [1.165, 1.54) is 54.5 Å². The van der Waals surface area contributed by atoms with E-state index in [0.29, 0.717) is 17.4 Å². The molecule has 4 fully saturated rings. The van der Waals surface area contributed by atoms with Crippen LogP contribution in [0.1, 0.15) is 44.1 Å². The zero-order valence-corrected chi connectivity index (χ0v) is 17.9. The molecule has 2 N–H and O–H groups in total. The highest BCUT2D eigenvalue weighted by Crippen LogP contribution is 2.58. The fraction of sp³-hybridized carbons (Fsp3) is 0.571. The molecule has 4 aliphatic carbocycles. The van der Waals surface area contributed by atoms with E-state index in [2.05, 4.69) is 15.1 Å².